The van der Waals surface area contributed by atoms with Crippen molar-refractivity contribution in [3.05, 3.63) is 48.6 Å². The summed E-state index contributed by atoms with van der Waals surface area (Å²) in [5.74, 6) is 0. The lowest BCUT2D eigenvalue weighted by atomic mass is 10.1. The Hall–Kier alpha value is -1.85. The lowest BCUT2D eigenvalue weighted by molar-refractivity contribution is -0.00609. The van der Waals surface area contributed by atoms with Gasteiger partial charge < -0.3 is 19.5 Å². The highest BCUT2D eigenvalue weighted by atomic mass is 16.6. The van der Waals surface area contributed by atoms with Crippen LogP contribution < -0.4 is 5.32 Å². The highest BCUT2D eigenvalue weighted by Gasteiger charge is 2.38. The zero-order valence-corrected chi connectivity index (χ0v) is 14.0. The van der Waals surface area contributed by atoms with E-state index in [1.807, 2.05) is 51.1 Å². The molecule has 0 bridgehead atoms. The summed E-state index contributed by atoms with van der Waals surface area (Å²) in [4.78, 5) is 12.0. The Morgan fingerprint density at radius 2 is 2.09 bits per heavy atom. The number of hydrogen-bond acceptors (Lipinski definition) is 4. The van der Waals surface area contributed by atoms with Gasteiger partial charge in [-0.25, -0.2) is 4.79 Å². The molecule has 0 aromatic heterocycles. The van der Waals surface area contributed by atoms with Gasteiger partial charge in [0.25, 0.3) is 0 Å². The van der Waals surface area contributed by atoms with E-state index in [9.17, 15) is 4.79 Å². The van der Waals surface area contributed by atoms with E-state index in [0.29, 0.717) is 13.2 Å². The van der Waals surface area contributed by atoms with Crippen molar-refractivity contribution in [2.45, 2.75) is 51.2 Å². The SMILES string of the molecule is C=C[C@H]1OC[C@H](NC(=O)OC(C)(C)C)[C@H]1OCc1ccccc1. The first-order chi connectivity index (χ1) is 10.9. The van der Waals surface area contributed by atoms with Crippen LogP contribution in [0.3, 0.4) is 0 Å². The first-order valence-electron chi connectivity index (χ1n) is 7.78. The van der Waals surface area contributed by atoms with Crippen LogP contribution in [-0.4, -0.2) is 36.6 Å². The molecule has 1 aromatic carbocycles. The van der Waals surface area contributed by atoms with Crippen molar-refractivity contribution >= 4 is 6.09 Å². The molecule has 0 aliphatic carbocycles. The van der Waals surface area contributed by atoms with Crippen LogP contribution >= 0.6 is 0 Å². The van der Waals surface area contributed by atoms with E-state index in [1.54, 1.807) is 6.08 Å². The molecule has 5 heteroatoms. The quantitative estimate of drug-likeness (QED) is 0.848. The van der Waals surface area contributed by atoms with E-state index in [1.165, 1.54) is 0 Å². The highest BCUT2D eigenvalue weighted by Crippen LogP contribution is 2.21. The molecule has 1 aliphatic rings. The predicted molar refractivity (Wildman–Crippen MR) is 88.1 cm³/mol. The fraction of sp³-hybridized carbons (Fsp3) is 0.500. The molecule has 2 rings (SSSR count). The summed E-state index contributed by atoms with van der Waals surface area (Å²) < 4.78 is 16.9. The first-order valence-corrected chi connectivity index (χ1v) is 7.78. The van der Waals surface area contributed by atoms with Gasteiger partial charge in [-0.05, 0) is 26.3 Å². The van der Waals surface area contributed by atoms with E-state index in [-0.39, 0.29) is 18.2 Å². The zero-order valence-electron chi connectivity index (χ0n) is 14.0. The zero-order chi connectivity index (χ0) is 16.9. The lowest BCUT2D eigenvalue weighted by Gasteiger charge is -2.25. The van der Waals surface area contributed by atoms with Crippen molar-refractivity contribution in [1.29, 1.82) is 0 Å². The normalized spacial score (nSPS) is 24.2. The number of alkyl carbamates (subject to hydrolysis) is 1. The Bertz CT molecular complexity index is 524. The first kappa shape index (κ1) is 17.5. The average molecular weight is 319 g/mol. The van der Waals surface area contributed by atoms with Crippen molar-refractivity contribution < 1.29 is 19.0 Å². The molecule has 0 radical (unpaired) electrons. The average Bonchev–Trinajstić information content (AvgIpc) is 2.86. The summed E-state index contributed by atoms with van der Waals surface area (Å²) in [6.07, 6.45) is 0.690. The van der Waals surface area contributed by atoms with Crippen LogP contribution in [0.5, 0.6) is 0 Å². The molecular weight excluding hydrogens is 294 g/mol. The van der Waals surface area contributed by atoms with Crippen LogP contribution in [0, 0.1) is 0 Å². The smallest absolute Gasteiger partial charge is 0.408 e. The maximum atomic E-state index is 12.0. The Kier molecular flexibility index (Phi) is 5.80. The fourth-order valence-corrected chi connectivity index (χ4v) is 2.40. The summed E-state index contributed by atoms with van der Waals surface area (Å²) in [5, 5.41) is 2.83. The molecule has 1 amide bonds. The molecule has 1 fully saturated rings. The largest absolute Gasteiger partial charge is 0.444 e. The number of ether oxygens (including phenoxy) is 3. The van der Waals surface area contributed by atoms with E-state index < -0.39 is 11.7 Å². The minimum Gasteiger partial charge on any atom is -0.444 e. The molecule has 1 heterocycles. The van der Waals surface area contributed by atoms with E-state index >= 15 is 0 Å². The van der Waals surface area contributed by atoms with Crippen LogP contribution in [0.25, 0.3) is 0 Å². The second-order valence-corrected chi connectivity index (χ2v) is 6.55. The topological polar surface area (TPSA) is 56.8 Å². The van der Waals surface area contributed by atoms with Gasteiger partial charge in [-0.1, -0.05) is 36.4 Å². The van der Waals surface area contributed by atoms with Crippen molar-refractivity contribution in [1.82, 2.24) is 5.32 Å². The van der Waals surface area contributed by atoms with Crippen molar-refractivity contribution in [3.63, 3.8) is 0 Å². The second-order valence-electron chi connectivity index (χ2n) is 6.55. The summed E-state index contributed by atoms with van der Waals surface area (Å²) in [5.41, 5.74) is 0.528. The molecular formula is C18H25NO4. The van der Waals surface area contributed by atoms with Crippen LogP contribution in [0.15, 0.2) is 43.0 Å². The maximum Gasteiger partial charge on any atom is 0.408 e. The molecule has 0 spiro atoms. The van der Waals surface area contributed by atoms with Gasteiger partial charge in [-0.3, -0.25) is 0 Å². The lowest BCUT2D eigenvalue weighted by Crippen LogP contribution is -2.47. The summed E-state index contributed by atoms with van der Waals surface area (Å²) in [6, 6.07) is 9.61. The monoisotopic (exact) mass is 319 g/mol. The van der Waals surface area contributed by atoms with Gasteiger partial charge in [0.15, 0.2) is 0 Å². The molecule has 1 N–H and O–H groups in total. The van der Waals surface area contributed by atoms with Crippen molar-refractivity contribution in [2.24, 2.45) is 0 Å². The molecule has 23 heavy (non-hydrogen) atoms. The number of rotatable bonds is 5. The molecule has 126 valence electrons. The Morgan fingerprint density at radius 3 is 2.70 bits per heavy atom. The van der Waals surface area contributed by atoms with Crippen molar-refractivity contribution in [3.8, 4) is 0 Å². The number of nitrogens with one attached hydrogen (secondary N) is 1. The third-order valence-corrected chi connectivity index (χ3v) is 3.41. The predicted octanol–water partition coefficient (Wildman–Crippen LogP) is 3.05. The van der Waals surface area contributed by atoms with E-state index in [2.05, 4.69) is 11.9 Å². The number of hydrogen-bond donors (Lipinski definition) is 1. The van der Waals surface area contributed by atoms with Crippen LogP contribution in [0.2, 0.25) is 0 Å². The molecule has 0 unspecified atom stereocenters. The minimum atomic E-state index is -0.540. The van der Waals surface area contributed by atoms with Gasteiger partial charge in [0, 0.05) is 0 Å². The molecule has 1 aromatic rings. The van der Waals surface area contributed by atoms with Gasteiger partial charge in [0.05, 0.1) is 19.3 Å². The molecule has 3 atom stereocenters. The highest BCUT2D eigenvalue weighted by molar-refractivity contribution is 5.68. The van der Waals surface area contributed by atoms with Crippen LogP contribution in [0.4, 0.5) is 4.79 Å². The van der Waals surface area contributed by atoms with Gasteiger partial charge in [0.2, 0.25) is 0 Å². The number of carbonyl (C=O) groups is 1. The molecule has 0 saturated carbocycles. The number of carbonyl (C=O) groups excluding carboxylic acids is 1. The minimum absolute atomic E-state index is 0.251. The maximum absolute atomic E-state index is 12.0. The van der Waals surface area contributed by atoms with Gasteiger partial charge in [-0.2, -0.15) is 0 Å². The number of benzene rings is 1. The summed E-state index contributed by atoms with van der Waals surface area (Å²) in [7, 11) is 0. The van der Waals surface area contributed by atoms with Crippen LogP contribution in [-0.2, 0) is 20.8 Å². The van der Waals surface area contributed by atoms with E-state index in [4.69, 9.17) is 14.2 Å². The molecule has 1 aliphatic heterocycles. The van der Waals surface area contributed by atoms with Crippen molar-refractivity contribution in [2.75, 3.05) is 6.61 Å². The third kappa shape index (κ3) is 5.37. The molecule has 1 saturated heterocycles. The van der Waals surface area contributed by atoms with Gasteiger partial charge in [-0.15, -0.1) is 6.58 Å². The Balaban J connectivity index is 1.95. The van der Waals surface area contributed by atoms with Gasteiger partial charge in [0.1, 0.15) is 17.8 Å². The van der Waals surface area contributed by atoms with Gasteiger partial charge >= 0.3 is 6.09 Å². The van der Waals surface area contributed by atoms with E-state index in [0.717, 1.165) is 5.56 Å². The summed E-state index contributed by atoms with van der Waals surface area (Å²) in [6.45, 7) is 10.1. The summed E-state index contributed by atoms with van der Waals surface area (Å²) >= 11 is 0. The van der Waals surface area contributed by atoms with Crippen LogP contribution in [0.1, 0.15) is 26.3 Å². The third-order valence-electron chi connectivity index (χ3n) is 3.41. The molecule has 5 nitrogen and oxygen atoms in total. The standard InChI is InChI=1S/C18H25NO4/c1-5-15-16(22-11-13-9-7-6-8-10-13)14(12-21-15)19-17(20)23-18(2,3)4/h5-10,14-16H,1,11-12H2,2-4H3,(H,19,20)/t14-,15+,16+/m0/s1. The second kappa shape index (κ2) is 7.62. The fourth-order valence-electron chi connectivity index (χ4n) is 2.40. The Morgan fingerprint density at radius 1 is 1.39 bits per heavy atom. The number of amides is 1. The Labute approximate surface area is 137 Å².